The molecule has 1 heterocycles. The Balaban J connectivity index is 2.17. The zero-order valence-corrected chi connectivity index (χ0v) is 11.6. The van der Waals surface area contributed by atoms with Gasteiger partial charge in [0.25, 0.3) is 0 Å². The number of hydrogen-bond donors (Lipinski definition) is 0. The maximum Gasteiger partial charge on any atom is 0.0444 e. The van der Waals surface area contributed by atoms with Crippen LogP contribution >= 0.6 is 0 Å². The average molecular weight is 231 g/mol. The molecule has 1 unspecified atom stereocenters. The van der Waals surface area contributed by atoms with E-state index in [1.807, 2.05) is 0 Å². The Morgan fingerprint density at radius 1 is 1.12 bits per heavy atom. The summed E-state index contributed by atoms with van der Waals surface area (Å²) in [6.45, 7) is 6.71. The first-order valence-electron chi connectivity index (χ1n) is 7.14. The van der Waals surface area contributed by atoms with Crippen LogP contribution in [0.15, 0.2) is 12.1 Å². The van der Waals surface area contributed by atoms with Crippen molar-refractivity contribution in [3.63, 3.8) is 0 Å². The lowest BCUT2D eigenvalue weighted by Gasteiger charge is -2.28. The summed E-state index contributed by atoms with van der Waals surface area (Å²) in [5.41, 5.74) is 4.61. The standard InChI is InChI=1S/C16H25N/c1-4-6-10-16(9-5-2)11-14-8-7-13(3)17-15(14)12-16/h7-8H,4-6,9-12H2,1-3H3. The van der Waals surface area contributed by atoms with E-state index in [1.54, 1.807) is 0 Å². The summed E-state index contributed by atoms with van der Waals surface area (Å²) < 4.78 is 0. The first-order valence-corrected chi connectivity index (χ1v) is 7.14. The highest BCUT2D eigenvalue weighted by Gasteiger charge is 2.36. The van der Waals surface area contributed by atoms with Crippen molar-refractivity contribution < 1.29 is 0 Å². The van der Waals surface area contributed by atoms with Gasteiger partial charge in [0.1, 0.15) is 0 Å². The van der Waals surface area contributed by atoms with Gasteiger partial charge in [-0.05, 0) is 49.7 Å². The number of rotatable bonds is 5. The molecule has 2 rings (SSSR count). The smallest absolute Gasteiger partial charge is 0.0444 e. The number of aryl methyl sites for hydroxylation is 1. The van der Waals surface area contributed by atoms with Crippen LogP contribution in [0.3, 0.4) is 0 Å². The quantitative estimate of drug-likeness (QED) is 0.729. The fraction of sp³-hybridized carbons (Fsp3) is 0.688. The Morgan fingerprint density at radius 2 is 1.94 bits per heavy atom. The van der Waals surface area contributed by atoms with Gasteiger partial charge in [-0.25, -0.2) is 0 Å². The average Bonchev–Trinajstić information content (AvgIpc) is 2.65. The maximum atomic E-state index is 4.74. The minimum atomic E-state index is 0.536. The molecule has 0 bridgehead atoms. The zero-order chi connectivity index (χ0) is 12.3. The lowest BCUT2D eigenvalue weighted by Crippen LogP contribution is -2.21. The Kier molecular flexibility index (Phi) is 3.86. The van der Waals surface area contributed by atoms with Gasteiger partial charge in [0.15, 0.2) is 0 Å². The minimum absolute atomic E-state index is 0.536. The highest BCUT2D eigenvalue weighted by Crippen LogP contribution is 2.43. The molecule has 0 saturated heterocycles. The second-order valence-electron chi connectivity index (χ2n) is 5.77. The van der Waals surface area contributed by atoms with Crippen molar-refractivity contribution >= 4 is 0 Å². The second-order valence-corrected chi connectivity index (χ2v) is 5.77. The van der Waals surface area contributed by atoms with Gasteiger partial charge in [0, 0.05) is 11.4 Å². The van der Waals surface area contributed by atoms with E-state index in [2.05, 4.69) is 32.9 Å². The summed E-state index contributed by atoms with van der Waals surface area (Å²) in [6, 6.07) is 4.47. The van der Waals surface area contributed by atoms with E-state index in [1.165, 1.54) is 61.9 Å². The zero-order valence-electron chi connectivity index (χ0n) is 11.6. The van der Waals surface area contributed by atoms with Gasteiger partial charge in [0.05, 0.1) is 0 Å². The molecule has 1 atom stereocenters. The first kappa shape index (κ1) is 12.6. The molecule has 1 aromatic heterocycles. The normalized spacial score (nSPS) is 22.8. The van der Waals surface area contributed by atoms with Crippen LogP contribution in [0.25, 0.3) is 0 Å². The number of aromatic nitrogens is 1. The summed E-state index contributed by atoms with van der Waals surface area (Å²) in [6.07, 6.45) is 9.22. The second kappa shape index (κ2) is 5.20. The predicted molar refractivity (Wildman–Crippen MR) is 73.2 cm³/mol. The van der Waals surface area contributed by atoms with Gasteiger partial charge in [-0.3, -0.25) is 4.98 Å². The maximum absolute atomic E-state index is 4.74. The van der Waals surface area contributed by atoms with Crippen LogP contribution in [0.4, 0.5) is 0 Å². The van der Waals surface area contributed by atoms with Crippen molar-refractivity contribution in [1.29, 1.82) is 0 Å². The lowest BCUT2D eigenvalue weighted by molar-refractivity contribution is 0.244. The Labute approximate surface area is 106 Å². The summed E-state index contributed by atoms with van der Waals surface area (Å²) in [5.74, 6) is 0. The molecule has 94 valence electrons. The Bertz CT molecular complexity index is 383. The van der Waals surface area contributed by atoms with Crippen molar-refractivity contribution in [2.45, 2.75) is 65.7 Å². The summed E-state index contributed by atoms with van der Waals surface area (Å²) in [4.78, 5) is 4.74. The van der Waals surface area contributed by atoms with E-state index in [4.69, 9.17) is 4.98 Å². The van der Waals surface area contributed by atoms with Crippen LogP contribution in [0.5, 0.6) is 0 Å². The molecule has 0 spiro atoms. The molecule has 0 aliphatic heterocycles. The molecule has 0 N–H and O–H groups in total. The molecule has 1 heteroatoms. The molecule has 0 radical (unpaired) electrons. The van der Waals surface area contributed by atoms with Gasteiger partial charge >= 0.3 is 0 Å². The van der Waals surface area contributed by atoms with Gasteiger partial charge in [-0.1, -0.05) is 39.2 Å². The van der Waals surface area contributed by atoms with Gasteiger partial charge < -0.3 is 0 Å². The Hall–Kier alpha value is -0.850. The highest BCUT2D eigenvalue weighted by molar-refractivity contribution is 5.30. The molecule has 0 saturated carbocycles. The predicted octanol–water partition coefficient (Wildman–Crippen LogP) is 4.47. The topological polar surface area (TPSA) is 12.9 Å². The van der Waals surface area contributed by atoms with E-state index >= 15 is 0 Å². The third kappa shape index (κ3) is 2.70. The van der Waals surface area contributed by atoms with Crippen molar-refractivity contribution in [3.8, 4) is 0 Å². The van der Waals surface area contributed by atoms with Crippen LogP contribution in [0, 0.1) is 12.3 Å². The third-order valence-electron chi connectivity index (χ3n) is 4.16. The van der Waals surface area contributed by atoms with Crippen LogP contribution in [-0.2, 0) is 12.8 Å². The van der Waals surface area contributed by atoms with Crippen LogP contribution in [0.1, 0.15) is 62.9 Å². The highest BCUT2D eigenvalue weighted by atomic mass is 14.7. The van der Waals surface area contributed by atoms with Gasteiger partial charge in [-0.2, -0.15) is 0 Å². The van der Waals surface area contributed by atoms with E-state index in [0.717, 1.165) is 0 Å². The van der Waals surface area contributed by atoms with E-state index in [9.17, 15) is 0 Å². The van der Waals surface area contributed by atoms with Crippen LogP contribution in [-0.4, -0.2) is 4.98 Å². The van der Waals surface area contributed by atoms with Crippen molar-refractivity contribution in [1.82, 2.24) is 4.98 Å². The lowest BCUT2D eigenvalue weighted by atomic mass is 9.76. The molecule has 0 fully saturated rings. The van der Waals surface area contributed by atoms with E-state index in [0.29, 0.717) is 5.41 Å². The number of pyridine rings is 1. The van der Waals surface area contributed by atoms with Crippen molar-refractivity contribution in [3.05, 3.63) is 29.1 Å². The molecule has 0 aromatic carbocycles. The minimum Gasteiger partial charge on any atom is -0.258 e. The Morgan fingerprint density at radius 3 is 2.65 bits per heavy atom. The fourth-order valence-electron chi connectivity index (χ4n) is 3.34. The van der Waals surface area contributed by atoms with E-state index < -0.39 is 0 Å². The SMILES string of the molecule is CCCCC1(CCC)Cc2ccc(C)nc2C1. The molecular weight excluding hydrogens is 206 g/mol. The third-order valence-corrected chi connectivity index (χ3v) is 4.16. The molecule has 1 aliphatic carbocycles. The number of hydrogen-bond acceptors (Lipinski definition) is 1. The van der Waals surface area contributed by atoms with Gasteiger partial charge in [-0.15, -0.1) is 0 Å². The number of unbranched alkanes of at least 4 members (excludes halogenated alkanes) is 1. The summed E-state index contributed by atoms with van der Waals surface area (Å²) in [7, 11) is 0. The molecule has 1 aromatic rings. The summed E-state index contributed by atoms with van der Waals surface area (Å²) >= 11 is 0. The largest absolute Gasteiger partial charge is 0.258 e. The van der Waals surface area contributed by atoms with Crippen molar-refractivity contribution in [2.75, 3.05) is 0 Å². The number of fused-ring (bicyclic) bond motifs is 1. The molecule has 0 amide bonds. The van der Waals surface area contributed by atoms with Gasteiger partial charge in [0.2, 0.25) is 0 Å². The molecular formula is C16H25N. The van der Waals surface area contributed by atoms with E-state index in [-0.39, 0.29) is 0 Å². The van der Waals surface area contributed by atoms with Crippen LogP contribution in [0.2, 0.25) is 0 Å². The molecule has 1 nitrogen and oxygen atoms in total. The first-order chi connectivity index (χ1) is 8.19. The van der Waals surface area contributed by atoms with Crippen LogP contribution < -0.4 is 0 Å². The number of nitrogens with zero attached hydrogens (tertiary/aromatic N) is 1. The molecule has 1 aliphatic rings. The summed E-state index contributed by atoms with van der Waals surface area (Å²) in [5, 5.41) is 0. The monoisotopic (exact) mass is 231 g/mol. The fourth-order valence-corrected chi connectivity index (χ4v) is 3.34. The molecule has 17 heavy (non-hydrogen) atoms. The van der Waals surface area contributed by atoms with Crippen molar-refractivity contribution in [2.24, 2.45) is 5.41 Å².